The zero-order valence-corrected chi connectivity index (χ0v) is 25.9. The van der Waals surface area contributed by atoms with Crippen LogP contribution in [0.2, 0.25) is 0 Å². The molecule has 0 radical (unpaired) electrons. The molecule has 9 rings (SSSR count). The summed E-state index contributed by atoms with van der Waals surface area (Å²) in [5, 5.41) is 4.72. The summed E-state index contributed by atoms with van der Waals surface area (Å²) < 4.78 is 6.81. The molecule has 5 heterocycles. The van der Waals surface area contributed by atoms with Crippen LogP contribution in [-0.4, -0.2) is 9.97 Å². The highest BCUT2D eigenvalue weighted by Crippen LogP contribution is 2.55. The van der Waals surface area contributed by atoms with Gasteiger partial charge < -0.3 is 14.4 Å². The van der Waals surface area contributed by atoms with Crippen molar-refractivity contribution in [2.75, 3.05) is 0 Å². The van der Waals surface area contributed by atoms with E-state index in [0.29, 0.717) is 0 Å². The number of fused-ring (bicyclic) bond motifs is 11. The van der Waals surface area contributed by atoms with Crippen LogP contribution in [0.4, 0.5) is 0 Å². The SMILES string of the molecule is c1ccc(/C2=c3\cc/c(o3)=C(\c3ccccc3)c3ccc([nH]3)Cc3c4c(c(p3-c3ccccc3)Cc3ccc2[nH]3)CCC4)cc1. The van der Waals surface area contributed by atoms with E-state index in [4.69, 9.17) is 4.42 Å². The third-order valence-electron chi connectivity index (χ3n) is 9.44. The third-order valence-corrected chi connectivity index (χ3v) is 12.2. The van der Waals surface area contributed by atoms with E-state index in [9.17, 15) is 0 Å². The quantitative estimate of drug-likeness (QED) is 0.210. The van der Waals surface area contributed by atoms with E-state index in [1.165, 1.54) is 36.0 Å². The van der Waals surface area contributed by atoms with Gasteiger partial charge in [-0.05, 0) is 93.8 Å². The molecule has 0 saturated carbocycles. The van der Waals surface area contributed by atoms with Crippen LogP contribution < -0.4 is 10.8 Å². The van der Waals surface area contributed by atoms with Crippen molar-refractivity contribution in [3.8, 4) is 5.30 Å². The van der Waals surface area contributed by atoms with Gasteiger partial charge in [0.25, 0.3) is 0 Å². The number of benzene rings is 3. The lowest BCUT2D eigenvalue weighted by Crippen LogP contribution is -2.11. The number of nitrogens with one attached hydrogen (secondary N) is 2. The standard InChI is InChI=1S/C41H33N2OP/c1-4-11-27(12-5-1)40-34-21-19-29(42-34)25-38-32-17-10-18-33(32)39(45(38)31-15-8-3-9-16-31)26-30-20-22-35(43-30)41(28-13-6-2-7-14-28)37-24-23-36(40)44-37/h1-9,11-16,19-24,42-43H,10,17-18,25-26H2/b40-36-,41-37-. The highest BCUT2D eigenvalue weighted by atomic mass is 31.1. The summed E-state index contributed by atoms with van der Waals surface area (Å²) in [6, 6.07) is 45.8. The Kier molecular flexibility index (Phi) is 6.39. The Morgan fingerprint density at radius 2 is 0.956 bits per heavy atom. The van der Waals surface area contributed by atoms with Crippen molar-refractivity contribution in [1.82, 2.24) is 9.97 Å². The van der Waals surface area contributed by atoms with E-state index in [1.807, 2.05) is 0 Å². The Morgan fingerprint density at radius 3 is 1.44 bits per heavy atom. The first-order valence-electron chi connectivity index (χ1n) is 15.9. The molecule has 0 amide bonds. The first-order chi connectivity index (χ1) is 22.3. The van der Waals surface area contributed by atoms with Gasteiger partial charge in [-0.1, -0.05) is 98.5 Å². The van der Waals surface area contributed by atoms with Crippen molar-refractivity contribution in [2.45, 2.75) is 32.1 Å². The summed E-state index contributed by atoms with van der Waals surface area (Å²) in [5.41, 5.74) is 14.1. The van der Waals surface area contributed by atoms with Crippen LogP contribution >= 0.6 is 7.53 Å². The van der Waals surface area contributed by atoms with Crippen LogP contribution in [0.25, 0.3) is 16.5 Å². The van der Waals surface area contributed by atoms with Crippen LogP contribution in [0, 0.1) is 0 Å². The molecule has 7 aromatic rings. The Hall–Kier alpha value is -4.98. The van der Waals surface area contributed by atoms with Crippen molar-refractivity contribution in [3.63, 3.8) is 0 Å². The lowest BCUT2D eigenvalue weighted by molar-refractivity contribution is 0.498. The molecule has 0 atom stereocenters. The minimum Gasteiger partial charge on any atom is -0.456 e. The average Bonchev–Trinajstić information content (AvgIpc) is 3.92. The van der Waals surface area contributed by atoms with Gasteiger partial charge in [0, 0.05) is 46.8 Å². The number of aromatic amines is 2. The number of hydrogen-bond donors (Lipinski definition) is 2. The van der Waals surface area contributed by atoms with Gasteiger partial charge in [0.05, 0.1) is 0 Å². The molecule has 218 valence electrons. The summed E-state index contributed by atoms with van der Waals surface area (Å²) in [7, 11) is -0.584. The molecule has 0 fully saturated rings. The van der Waals surface area contributed by atoms with Crippen LogP contribution in [0.15, 0.2) is 132 Å². The zero-order chi connectivity index (χ0) is 29.7. The summed E-state index contributed by atoms with van der Waals surface area (Å²) in [5.74, 6) is 0. The summed E-state index contributed by atoms with van der Waals surface area (Å²) in [6.07, 6.45) is 5.50. The second-order valence-electron chi connectivity index (χ2n) is 12.2. The second kappa shape index (κ2) is 10.9. The van der Waals surface area contributed by atoms with Crippen LogP contribution in [0.5, 0.6) is 0 Å². The Bertz CT molecular complexity index is 2140. The maximum absolute atomic E-state index is 6.81. The molecule has 45 heavy (non-hydrogen) atoms. The first-order valence-corrected chi connectivity index (χ1v) is 17.3. The van der Waals surface area contributed by atoms with Gasteiger partial charge >= 0.3 is 0 Å². The first kappa shape index (κ1) is 26.4. The normalized spacial score (nSPS) is 16.5. The molecule has 2 N–H and O–H groups in total. The zero-order valence-electron chi connectivity index (χ0n) is 25.0. The van der Waals surface area contributed by atoms with Gasteiger partial charge in [-0.2, -0.15) is 0 Å². The van der Waals surface area contributed by atoms with E-state index in [0.717, 1.165) is 57.3 Å². The van der Waals surface area contributed by atoms with Gasteiger partial charge in [-0.15, -0.1) is 0 Å². The molecule has 8 bridgehead atoms. The predicted molar refractivity (Wildman–Crippen MR) is 184 cm³/mol. The Morgan fingerprint density at radius 1 is 0.489 bits per heavy atom. The van der Waals surface area contributed by atoms with Crippen molar-refractivity contribution < 1.29 is 4.42 Å². The highest BCUT2D eigenvalue weighted by molar-refractivity contribution is 7.59. The molecule has 0 saturated heterocycles. The van der Waals surface area contributed by atoms with Gasteiger partial charge in [0.2, 0.25) is 0 Å². The molecule has 3 nitrogen and oxygen atoms in total. The van der Waals surface area contributed by atoms with Crippen molar-refractivity contribution in [1.29, 1.82) is 0 Å². The number of rotatable bonds is 3. The number of H-pyrrole nitrogens is 2. The second-order valence-corrected chi connectivity index (χ2v) is 14.4. The van der Waals surface area contributed by atoms with Gasteiger partial charge in [0.1, 0.15) is 10.8 Å². The maximum Gasteiger partial charge on any atom is 0.137 e. The minimum atomic E-state index is -0.584. The fraction of sp³-hybridized carbons (Fsp3) is 0.122. The molecule has 3 aromatic carbocycles. The molecular weight excluding hydrogens is 567 g/mol. The summed E-state index contributed by atoms with van der Waals surface area (Å²) >= 11 is 0. The van der Waals surface area contributed by atoms with Crippen LogP contribution in [0.3, 0.4) is 0 Å². The number of furan rings is 1. The third kappa shape index (κ3) is 4.58. The molecule has 0 spiro atoms. The van der Waals surface area contributed by atoms with Crippen LogP contribution in [0.1, 0.15) is 62.0 Å². The van der Waals surface area contributed by atoms with Crippen LogP contribution in [-0.2, 0) is 25.7 Å². The van der Waals surface area contributed by atoms with Gasteiger partial charge in [-0.3, -0.25) is 0 Å². The molecule has 1 aliphatic heterocycles. The molecule has 1 aliphatic carbocycles. The Balaban J connectivity index is 1.36. The largest absolute Gasteiger partial charge is 0.456 e. The minimum absolute atomic E-state index is 0.584. The van der Waals surface area contributed by atoms with Crippen molar-refractivity contribution in [3.05, 3.63) is 194 Å². The molecule has 4 heteroatoms. The fourth-order valence-corrected chi connectivity index (χ4v) is 10.6. The molecule has 0 unspecified atom stereocenters. The molecule has 4 aromatic heterocycles. The van der Waals surface area contributed by atoms with E-state index in [2.05, 4.69) is 137 Å². The Labute approximate surface area is 263 Å². The summed E-state index contributed by atoms with van der Waals surface area (Å²) in [6.45, 7) is 0. The monoisotopic (exact) mass is 600 g/mol. The summed E-state index contributed by atoms with van der Waals surface area (Å²) in [4.78, 5) is 7.74. The van der Waals surface area contributed by atoms with E-state index < -0.39 is 7.53 Å². The average molecular weight is 601 g/mol. The van der Waals surface area contributed by atoms with E-state index >= 15 is 0 Å². The molecular formula is C41H33N2OP. The van der Waals surface area contributed by atoms with Crippen molar-refractivity contribution >= 4 is 18.7 Å². The predicted octanol–water partition coefficient (Wildman–Crippen LogP) is 8.39. The number of hydrogen-bond acceptors (Lipinski definition) is 1. The fourth-order valence-electron chi connectivity index (χ4n) is 7.49. The van der Waals surface area contributed by atoms with Crippen molar-refractivity contribution in [2.24, 2.45) is 0 Å². The van der Waals surface area contributed by atoms with Gasteiger partial charge in [0.15, 0.2) is 0 Å². The van der Waals surface area contributed by atoms with Gasteiger partial charge in [-0.25, -0.2) is 0 Å². The van der Waals surface area contributed by atoms with E-state index in [-0.39, 0.29) is 0 Å². The molecule has 2 aliphatic rings. The number of aromatic nitrogens is 2. The maximum atomic E-state index is 6.81. The lowest BCUT2D eigenvalue weighted by atomic mass is 10.0. The van der Waals surface area contributed by atoms with E-state index in [1.54, 1.807) is 21.7 Å². The lowest BCUT2D eigenvalue weighted by Gasteiger charge is -2.13. The topological polar surface area (TPSA) is 44.7 Å². The smallest absolute Gasteiger partial charge is 0.137 e. The highest BCUT2D eigenvalue weighted by Gasteiger charge is 2.28.